The summed E-state index contributed by atoms with van der Waals surface area (Å²) in [6.45, 7) is 5.09. The third-order valence-corrected chi connectivity index (χ3v) is 6.17. The Labute approximate surface area is 179 Å². The first-order chi connectivity index (χ1) is 14.5. The molecule has 4 nitrogen and oxygen atoms in total. The van der Waals surface area contributed by atoms with Crippen LogP contribution in [0.4, 0.5) is 9.18 Å². The van der Waals surface area contributed by atoms with Crippen LogP contribution >= 0.6 is 11.8 Å². The molecule has 154 valence electrons. The summed E-state index contributed by atoms with van der Waals surface area (Å²) in [5.41, 5.74) is 4.20. The molecule has 1 fully saturated rings. The number of thioether (sulfide) groups is 1. The van der Waals surface area contributed by atoms with Crippen LogP contribution < -0.4 is 0 Å². The van der Waals surface area contributed by atoms with Crippen molar-refractivity contribution < 1.29 is 14.0 Å². The fourth-order valence-electron chi connectivity index (χ4n) is 3.83. The van der Waals surface area contributed by atoms with Gasteiger partial charge >= 0.3 is 0 Å². The minimum absolute atomic E-state index is 0.211. The van der Waals surface area contributed by atoms with Crippen molar-refractivity contribution in [2.75, 3.05) is 6.54 Å². The summed E-state index contributed by atoms with van der Waals surface area (Å²) in [7, 11) is 0. The lowest BCUT2D eigenvalue weighted by molar-refractivity contribution is -0.122. The van der Waals surface area contributed by atoms with Gasteiger partial charge in [-0.25, -0.2) is 4.39 Å². The quantitative estimate of drug-likeness (QED) is 0.469. The maximum Gasteiger partial charge on any atom is 0.293 e. The molecule has 0 spiro atoms. The number of benzene rings is 2. The van der Waals surface area contributed by atoms with Gasteiger partial charge in [-0.1, -0.05) is 44.2 Å². The lowest BCUT2D eigenvalue weighted by Gasteiger charge is -2.09. The number of carbonyl (C=O) groups excluding carboxylic acids is 2. The van der Waals surface area contributed by atoms with Crippen LogP contribution in [-0.2, 0) is 17.8 Å². The highest BCUT2D eigenvalue weighted by molar-refractivity contribution is 8.18. The maximum absolute atomic E-state index is 13.3. The van der Waals surface area contributed by atoms with Gasteiger partial charge in [-0.2, -0.15) is 0 Å². The molecule has 2 amide bonds. The molecule has 3 aromatic rings. The number of carbonyl (C=O) groups is 2. The summed E-state index contributed by atoms with van der Waals surface area (Å²) in [4.78, 5) is 26.6. The monoisotopic (exact) mass is 422 g/mol. The summed E-state index contributed by atoms with van der Waals surface area (Å²) < 4.78 is 15.4. The Morgan fingerprint density at radius 2 is 1.83 bits per heavy atom. The second-order valence-corrected chi connectivity index (χ2v) is 8.33. The minimum atomic E-state index is -0.256. The smallest absolute Gasteiger partial charge is 0.293 e. The van der Waals surface area contributed by atoms with E-state index in [1.165, 1.54) is 22.6 Å². The summed E-state index contributed by atoms with van der Waals surface area (Å²) in [6, 6.07) is 12.7. The van der Waals surface area contributed by atoms with E-state index in [1.54, 1.807) is 12.1 Å². The number of hydrogen-bond acceptors (Lipinski definition) is 3. The average Bonchev–Trinajstić information content (AvgIpc) is 3.22. The zero-order valence-electron chi connectivity index (χ0n) is 17.0. The van der Waals surface area contributed by atoms with Crippen LogP contribution in [0.25, 0.3) is 17.0 Å². The number of nitrogens with zero attached hydrogens (tertiary/aromatic N) is 2. The molecule has 1 aliphatic rings. The molecule has 0 aliphatic carbocycles. The van der Waals surface area contributed by atoms with Crippen LogP contribution in [0.2, 0.25) is 0 Å². The largest absolute Gasteiger partial charge is 0.342 e. The topological polar surface area (TPSA) is 42.3 Å². The maximum atomic E-state index is 13.3. The van der Waals surface area contributed by atoms with Gasteiger partial charge in [0.25, 0.3) is 11.1 Å². The first-order valence-electron chi connectivity index (χ1n) is 10.1. The van der Waals surface area contributed by atoms with Crippen molar-refractivity contribution in [3.8, 4) is 0 Å². The third-order valence-electron chi connectivity index (χ3n) is 5.27. The molecule has 0 N–H and O–H groups in total. The Balaban J connectivity index is 1.78. The molecule has 0 unspecified atom stereocenters. The molecule has 0 saturated carbocycles. The number of imide groups is 1. The summed E-state index contributed by atoms with van der Waals surface area (Å²) in [5, 5.41) is 0.830. The van der Waals surface area contributed by atoms with Gasteiger partial charge in [0.15, 0.2) is 0 Å². The molecule has 0 atom stereocenters. The van der Waals surface area contributed by atoms with Crippen molar-refractivity contribution in [2.45, 2.75) is 33.2 Å². The lowest BCUT2D eigenvalue weighted by Crippen LogP contribution is -2.28. The molecule has 0 radical (unpaired) electrons. The van der Waals surface area contributed by atoms with E-state index in [-0.39, 0.29) is 17.0 Å². The SMILES string of the molecule is CCCN1C(=O)S/C(=C\c2cn(Cc3ccc(F)cc3)c3c(CC)cccc23)C1=O. The van der Waals surface area contributed by atoms with Crippen molar-refractivity contribution in [2.24, 2.45) is 0 Å². The zero-order valence-corrected chi connectivity index (χ0v) is 17.8. The minimum Gasteiger partial charge on any atom is -0.342 e. The van der Waals surface area contributed by atoms with Crippen LogP contribution in [-0.4, -0.2) is 27.2 Å². The fraction of sp³-hybridized carbons (Fsp3) is 0.250. The van der Waals surface area contributed by atoms with E-state index in [1.807, 2.05) is 31.3 Å². The van der Waals surface area contributed by atoms with E-state index in [0.29, 0.717) is 18.0 Å². The number of aromatic nitrogens is 1. The van der Waals surface area contributed by atoms with Gasteiger partial charge in [-0.15, -0.1) is 0 Å². The van der Waals surface area contributed by atoms with Crippen molar-refractivity contribution in [1.29, 1.82) is 0 Å². The number of rotatable bonds is 6. The second kappa shape index (κ2) is 8.48. The van der Waals surface area contributed by atoms with E-state index in [0.717, 1.165) is 46.6 Å². The molecule has 2 heterocycles. The van der Waals surface area contributed by atoms with Gasteiger partial charge in [0, 0.05) is 30.2 Å². The number of amides is 2. The van der Waals surface area contributed by atoms with Crippen LogP contribution in [0.3, 0.4) is 0 Å². The Kier molecular flexibility index (Phi) is 5.77. The summed E-state index contributed by atoms with van der Waals surface area (Å²) in [5.74, 6) is -0.480. The molecular formula is C24H23FN2O2S. The Morgan fingerprint density at radius 1 is 1.07 bits per heavy atom. The third kappa shape index (κ3) is 3.79. The highest BCUT2D eigenvalue weighted by Crippen LogP contribution is 2.35. The van der Waals surface area contributed by atoms with E-state index in [2.05, 4.69) is 17.6 Å². The molecule has 6 heteroatoms. The molecule has 1 saturated heterocycles. The van der Waals surface area contributed by atoms with E-state index < -0.39 is 0 Å². The van der Waals surface area contributed by atoms with Crippen LogP contribution in [0.1, 0.15) is 37.0 Å². The van der Waals surface area contributed by atoms with Gasteiger partial charge in [-0.3, -0.25) is 14.5 Å². The van der Waals surface area contributed by atoms with Gasteiger partial charge in [-0.05, 0) is 53.9 Å². The summed E-state index contributed by atoms with van der Waals surface area (Å²) in [6.07, 6.45) is 5.45. The standard InChI is InChI=1S/C24H23FN2O2S/c1-3-12-27-23(28)21(30-24(27)29)13-18-15-26(14-16-8-10-19(25)11-9-16)22-17(4-2)6-5-7-20(18)22/h5-11,13,15H,3-4,12,14H2,1-2H3/b21-13-. The predicted octanol–water partition coefficient (Wildman–Crippen LogP) is 5.84. The van der Waals surface area contributed by atoms with Gasteiger partial charge in [0.05, 0.1) is 10.4 Å². The number of hydrogen-bond donors (Lipinski definition) is 0. The van der Waals surface area contributed by atoms with E-state index in [4.69, 9.17) is 0 Å². The molecule has 2 aromatic carbocycles. The number of para-hydroxylation sites is 1. The van der Waals surface area contributed by atoms with Crippen molar-refractivity contribution in [3.05, 3.63) is 76.1 Å². The average molecular weight is 423 g/mol. The first kappa shape index (κ1) is 20.4. The van der Waals surface area contributed by atoms with Crippen LogP contribution in [0.15, 0.2) is 53.6 Å². The molecule has 1 aliphatic heterocycles. The molecular weight excluding hydrogens is 399 g/mol. The highest BCUT2D eigenvalue weighted by Gasteiger charge is 2.34. The fourth-order valence-corrected chi connectivity index (χ4v) is 4.69. The Bertz CT molecular complexity index is 1150. The molecule has 30 heavy (non-hydrogen) atoms. The predicted molar refractivity (Wildman–Crippen MR) is 120 cm³/mol. The van der Waals surface area contributed by atoms with Crippen molar-refractivity contribution in [3.63, 3.8) is 0 Å². The van der Waals surface area contributed by atoms with Gasteiger partial charge < -0.3 is 4.57 Å². The lowest BCUT2D eigenvalue weighted by atomic mass is 10.1. The molecule has 0 bridgehead atoms. The van der Waals surface area contributed by atoms with Crippen LogP contribution in [0, 0.1) is 5.82 Å². The van der Waals surface area contributed by atoms with Crippen LogP contribution in [0.5, 0.6) is 0 Å². The van der Waals surface area contributed by atoms with E-state index >= 15 is 0 Å². The molecule has 1 aromatic heterocycles. The Hall–Kier alpha value is -2.86. The van der Waals surface area contributed by atoms with Crippen molar-refractivity contribution >= 4 is 39.9 Å². The summed E-state index contributed by atoms with van der Waals surface area (Å²) >= 11 is 0.998. The Morgan fingerprint density at radius 3 is 2.53 bits per heavy atom. The van der Waals surface area contributed by atoms with E-state index in [9.17, 15) is 14.0 Å². The molecule has 4 rings (SSSR count). The number of fused-ring (bicyclic) bond motifs is 1. The number of aryl methyl sites for hydroxylation is 1. The number of halogens is 1. The van der Waals surface area contributed by atoms with Gasteiger partial charge in [0.1, 0.15) is 5.82 Å². The normalized spacial score (nSPS) is 15.7. The first-order valence-corrected chi connectivity index (χ1v) is 10.9. The van der Waals surface area contributed by atoms with Crippen molar-refractivity contribution in [1.82, 2.24) is 9.47 Å². The highest BCUT2D eigenvalue weighted by atomic mass is 32.2. The second-order valence-electron chi connectivity index (χ2n) is 7.34. The van der Waals surface area contributed by atoms with Gasteiger partial charge in [0.2, 0.25) is 0 Å². The zero-order chi connectivity index (χ0) is 21.3.